The largest absolute Gasteiger partial charge is 0.433 e. The van der Waals surface area contributed by atoms with Gasteiger partial charge in [0.05, 0.1) is 17.5 Å². The van der Waals surface area contributed by atoms with Crippen LogP contribution in [0.5, 0.6) is 0 Å². The SMILES string of the molecule is O=C(Nc1ccccc1SCC(F)(F)F)c1ccc([N+](=O)[O-])o1. The molecule has 1 heterocycles. The van der Waals surface area contributed by atoms with Crippen LogP contribution < -0.4 is 5.32 Å². The summed E-state index contributed by atoms with van der Waals surface area (Å²) in [7, 11) is 0. The molecule has 10 heteroatoms. The second-order valence-corrected chi connectivity index (χ2v) is 5.27. The topological polar surface area (TPSA) is 85.4 Å². The number of hydrogen-bond acceptors (Lipinski definition) is 5. The maximum Gasteiger partial charge on any atom is 0.433 e. The quantitative estimate of drug-likeness (QED) is 0.500. The third-order valence-electron chi connectivity index (χ3n) is 2.52. The van der Waals surface area contributed by atoms with Gasteiger partial charge in [0, 0.05) is 4.90 Å². The van der Waals surface area contributed by atoms with Gasteiger partial charge in [-0.1, -0.05) is 12.1 Å². The smallest absolute Gasteiger partial charge is 0.395 e. The number of nitrogens with zero attached hydrogens (tertiary/aromatic N) is 1. The molecule has 0 saturated heterocycles. The van der Waals surface area contributed by atoms with E-state index in [1.54, 1.807) is 0 Å². The van der Waals surface area contributed by atoms with E-state index >= 15 is 0 Å². The highest BCUT2D eigenvalue weighted by Gasteiger charge is 2.28. The zero-order valence-electron chi connectivity index (χ0n) is 11.3. The van der Waals surface area contributed by atoms with Gasteiger partial charge in [-0.25, -0.2) is 0 Å². The van der Waals surface area contributed by atoms with Crippen LogP contribution in [-0.4, -0.2) is 22.8 Å². The van der Waals surface area contributed by atoms with Crippen molar-refractivity contribution < 1.29 is 27.3 Å². The van der Waals surface area contributed by atoms with E-state index < -0.39 is 28.6 Å². The van der Waals surface area contributed by atoms with Crippen LogP contribution in [-0.2, 0) is 0 Å². The first-order valence-corrected chi connectivity index (χ1v) is 7.09. The van der Waals surface area contributed by atoms with Crippen LogP contribution in [0.25, 0.3) is 0 Å². The Morgan fingerprint density at radius 3 is 2.57 bits per heavy atom. The first-order chi connectivity index (χ1) is 10.8. The van der Waals surface area contributed by atoms with Crippen LogP contribution in [0.4, 0.5) is 24.7 Å². The molecule has 1 amide bonds. The number of nitro groups is 1. The molecule has 23 heavy (non-hydrogen) atoms. The van der Waals surface area contributed by atoms with Gasteiger partial charge in [-0.3, -0.25) is 14.9 Å². The van der Waals surface area contributed by atoms with Gasteiger partial charge in [-0.15, -0.1) is 11.8 Å². The molecule has 2 rings (SSSR count). The van der Waals surface area contributed by atoms with Gasteiger partial charge in [0.25, 0.3) is 5.91 Å². The minimum atomic E-state index is -4.34. The Morgan fingerprint density at radius 2 is 1.96 bits per heavy atom. The number of hydrogen-bond donors (Lipinski definition) is 1. The van der Waals surface area contributed by atoms with Gasteiger partial charge in [0.1, 0.15) is 4.92 Å². The predicted molar refractivity (Wildman–Crippen MR) is 76.5 cm³/mol. The number of para-hydroxylation sites is 1. The number of benzene rings is 1. The normalized spacial score (nSPS) is 11.3. The van der Waals surface area contributed by atoms with Crippen molar-refractivity contribution in [3.8, 4) is 0 Å². The maximum atomic E-state index is 12.3. The van der Waals surface area contributed by atoms with E-state index in [1.807, 2.05) is 0 Å². The lowest BCUT2D eigenvalue weighted by Crippen LogP contribution is -2.13. The summed E-state index contributed by atoms with van der Waals surface area (Å²) >= 11 is 0.523. The third-order valence-corrected chi connectivity index (χ3v) is 3.66. The minimum Gasteiger partial charge on any atom is -0.395 e. The number of furan rings is 1. The standard InChI is InChI=1S/C13H9F3N2O4S/c14-13(15,16)7-23-10-4-2-1-3-8(10)17-12(19)9-5-6-11(22-9)18(20)21/h1-6H,7H2,(H,17,19). The van der Waals surface area contributed by atoms with E-state index in [1.165, 1.54) is 24.3 Å². The van der Waals surface area contributed by atoms with Crippen molar-refractivity contribution in [1.82, 2.24) is 0 Å². The number of carbonyl (C=O) groups is 1. The van der Waals surface area contributed by atoms with Crippen LogP contribution in [0.3, 0.4) is 0 Å². The van der Waals surface area contributed by atoms with Crippen LogP contribution in [0.15, 0.2) is 45.7 Å². The Bertz CT molecular complexity index is 730. The number of nitrogens with one attached hydrogen (secondary N) is 1. The summed E-state index contributed by atoms with van der Waals surface area (Å²) in [5, 5.41) is 12.9. The summed E-state index contributed by atoms with van der Waals surface area (Å²) in [6.45, 7) is 0. The van der Waals surface area contributed by atoms with E-state index in [4.69, 9.17) is 4.42 Å². The average molecular weight is 346 g/mol. The van der Waals surface area contributed by atoms with E-state index in [0.717, 1.165) is 12.1 Å². The van der Waals surface area contributed by atoms with Gasteiger partial charge >= 0.3 is 12.1 Å². The average Bonchev–Trinajstić information content (AvgIpc) is 2.95. The van der Waals surface area contributed by atoms with Crippen LogP contribution in [0.1, 0.15) is 10.6 Å². The number of halogens is 3. The van der Waals surface area contributed by atoms with Gasteiger partial charge in [0.15, 0.2) is 5.76 Å². The molecule has 122 valence electrons. The summed E-state index contributed by atoms with van der Waals surface area (Å²) in [6, 6.07) is 8.05. The van der Waals surface area contributed by atoms with E-state index in [0.29, 0.717) is 11.8 Å². The van der Waals surface area contributed by atoms with Crippen molar-refractivity contribution in [3.05, 3.63) is 52.3 Å². The Hall–Kier alpha value is -2.49. The maximum absolute atomic E-state index is 12.3. The molecule has 0 saturated carbocycles. The van der Waals surface area contributed by atoms with Crippen molar-refractivity contribution in [2.45, 2.75) is 11.1 Å². The first kappa shape index (κ1) is 16.9. The molecule has 1 N–H and O–H groups in total. The number of thioether (sulfide) groups is 1. The zero-order chi connectivity index (χ0) is 17.0. The van der Waals surface area contributed by atoms with E-state index in [2.05, 4.69) is 5.32 Å². The highest BCUT2D eigenvalue weighted by Crippen LogP contribution is 2.32. The summed E-state index contributed by atoms with van der Waals surface area (Å²) in [6.07, 6.45) is -4.34. The Labute approximate surface area is 131 Å². The lowest BCUT2D eigenvalue weighted by Gasteiger charge is -2.11. The lowest BCUT2D eigenvalue weighted by molar-refractivity contribution is -0.402. The van der Waals surface area contributed by atoms with Crippen molar-refractivity contribution in [1.29, 1.82) is 0 Å². The Balaban J connectivity index is 2.12. The molecule has 1 aromatic heterocycles. The van der Waals surface area contributed by atoms with Gasteiger partial charge < -0.3 is 9.73 Å². The molecule has 0 atom stereocenters. The summed E-state index contributed by atoms with van der Waals surface area (Å²) in [5.41, 5.74) is 0.158. The molecule has 0 fully saturated rings. The Kier molecular flexibility index (Phi) is 4.94. The number of anilines is 1. The molecule has 2 aromatic rings. The highest BCUT2D eigenvalue weighted by molar-refractivity contribution is 7.99. The molecule has 0 aliphatic rings. The molecule has 0 radical (unpaired) electrons. The summed E-state index contributed by atoms with van der Waals surface area (Å²) < 4.78 is 41.6. The predicted octanol–water partition coefficient (Wildman–Crippen LogP) is 4.09. The molecule has 6 nitrogen and oxygen atoms in total. The van der Waals surface area contributed by atoms with Crippen molar-refractivity contribution in [2.24, 2.45) is 0 Å². The van der Waals surface area contributed by atoms with Crippen molar-refractivity contribution in [2.75, 3.05) is 11.1 Å². The fraction of sp³-hybridized carbons (Fsp3) is 0.154. The van der Waals surface area contributed by atoms with Crippen LogP contribution in [0, 0.1) is 10.1 Å². The highest BCUT2D eigenvalue weighted by atomic mass is 32.2. The lowest BCUT2D eigenvalue weighted by atomic mass is 10.3. The first-order valence-electron chi connectivity index (χ1n) is 6.10. The molecule has 0 bridgehead atoms. The molecule has 1 aromatic carbocycles. The summed E-state index contributed by atoms with van der Waals surface area (Å²) in [5.74, 6) is -2.81. The number of alkyl halides is 3. The van der Waals surface area contributed by atoms with Crippen LogP contribution >= 0.6 is 11.8 Å². The molecule has 0 aliphatic carbocycles. The molecule has 0 aliphatic heterocycles. The van der Waals surface area contributed by atoms with Crippen molar-refractivity contribution in [3.63, 3.8) is 0 Å². The van der Waals surface area contributed by atoms with Gasteiger partial charge in [-0.05, 0) is 18.2 Å². The molecular formula is C13H9F3N2O4S. The van der Waals surface area contributed by atoms with E-state index in [-0.39, 0.29) is 16.3 Å². The Morgan fingerprint density at radius 1 is 1.26 bits per heavy atom. The van der Waals surface area contributed by atoms with Gasteiger partial charge in [-0.2, -0.15) is 13.2 Å². The third kappa shape index (κ3) is 4.74. The van der Waals surface area contributed by atoms with Gasteiger partial charge in [0.2, 0.25) is 0 Å². The fourth-order valence-electron chi connectivity index (χ4n) is 1.59. The zero-order valence-corrected chi connectivity index (χ0v) is 12.1. The monoisotopic (exact) mass is 346 g/mol. The molecule has 0 unspecified atom stereocenters. The van der Waals surface area contributed by atoms with Crippen molar-refractivity contribution >= 4 is 29.2 Å². The number of amides is 1. The second-order valence-electron chi connectivity index (χ2n) is 4.25. The fourth-order valence-corrected chi connectivity index (χ4v) is 2.36. The number of carbonyl (C=O) groups excluding carboxylic acids is 1. The van der Waals surface area contributed by atoms with E-state index in [9.17, 15) is 28.1 Å². The second kappa shape index (κ2) is 6.73. The summed E-state index contributed by atoms with van der Waals surface area (Å²) in [4.78, 5) is 21.9. The van der Waals surface area contributed by atoms with Crippen LogP contribution in [0.2, 0.25) is 0 Å². The molecule has 0 spiro atoms. The minimum absolute atomic E-state index is 0.158. The number of rotatable bonds is 5. The molecular weight excluding hydrogens is 337 g/mol.